The van der Waals surface area contributed by atoms with Crippen LogP contribution in [0.1, 0.15) is 42.1 Å². The van der Waals surface area contributed by atoms with E-state index in [-0.39, 0.29) is 34.1 Å². The number of amides is 2. The van der Waals surface area contributed by atoms with Crippen molar-refractivity contribution in [3.8, 4) is 0 Å². The van der Waals surface area contributed by atoms with Crippen LogP contribution in [0.5, 0.6) is 0 Å². The second-order valence-electron chi connectivity index (χ2n) is 8.06. The molecule has 2 aliphatic rings. The molecule has 0 unspecified atom stereocenters. The summed E-state index contributed by atoms with van der Waals surface area (Å²) in [5.74, 6) is -0.427. The van der Waals surface area contributed by atoms with Crippen molar-refractivity contribution in [3.63, 3.8) is 0 Å². The summed E-state index contributed by atoms with van der Waals surface area (Å²) in [5, 5.41) is 2.83. The lowest BCUT2D eigenvalue weighted by molar-refractivity contribution is -0.116. The Hall–Kier alpha value is -2.91. The zero-order chi connectivity index (χ0) is 22.7. The number of anilines is 2. The van der Waals surface area contributed by atoms with Crippen molar-refractivity contribution in [2.24, 2.45) is 0 Å². The van der Waals surface area contributed by atoms with Gasteiger partial charge in [-0.25, -0.2) is 8.42 Å². The number of benzene rings is 2. The van der Waals surface area contributed by atoms with Gasteiger partial charge in [0.1, 0.15) is 0 Å². The lowest BCUT2D eigenvalue weighted by Gasteiger charge is -2.28. The van der Waals surface area contributed by atoms with E-state index < -0.39 is 10.0 Å². The number of para-hydroxylation sites is 1. The first-order valence-corrected chi connectivity index (χ1v) is 12.3. The van der Waals surface area contributed by atoms with Crippen molar-refractivity contribution in [2.75, 3.05) is 29.3 Å². The van der Waals surface area contributed by atoms with Gasteiger partial charge in [-0.1, -0.05) is 12.1 Å². The highest BCUT2D eigenvalue weighted by molar-refractivity contribution is 7.92. The zero-order valence-corrected chi connectivity index (χ0v) is 18.8. The summed E-state index contributed by atoms with van der Waals surface area (Å²) in [6, 6.07) is 11.3. The summed E-state index contributed by atoms with van der Waals surface area (Å²) in [6.45, 7) is 3.21. The molecule has 32 heavy (non-hydrogen) atoms. The molecule has 8 nitrogen and oxygen atoms in total. The second-order valence-corrected chi connectivity index (χ2v) is 9.74. The van der Waals surface area contributed by atoms with Crippen molar-refractivity contribution in [3.05, 3.63) is 53.6 Å². The Balaban J connectivity index is 1.54. The van der Waals surface area contributed by atoms with E-state index in [0.717, 1.165) is 30.5 Å². The van der Waals surface area contributed by atoms with Gasteiger partial charge in [-0.3, -0.25) is 14.3 Å². The summed E-state index contributed by atoms with van der Waals surface area (Å²) in [4.78, 5) is 26.3. The Morgan fingerprint density at radius 2 is 1.97 bits per heavy atom. The Morgan fingerprint density at radius 3 is 2.72 bits per heavy atom. The fraction of sp³-hybridized carbons (Fsp3) is 0.391. The third-order valence-electron chi connectivity index (χ3n) is 5.79. The molecule has 4 rings (SSSR count). The summed E-state index contributed by atoms with van der Waals surface area (Å²) < 4.78 is 34.3. The summed E-state index contributed by atoms with van der Waals surface area (Å²) in [6.07, 6.45) is 3.34. The Bertz CT molecular complexity index is 1130. The Kier molecular flexibility index (Phi) is 6.48. The molecule has 2 amide bonds. The molecular weight excluding hydrogens is 430 g/mol. The lowest BCUT2D eigenvalue weighted by atomic mass is 10.0. The van der Waals surface area contributed by atoms with E-state index in [2.05, 4.69) is 10.0 Å². The first-order valence-electron chi connectivity index (χ1n) is 10.8. The zero-order valence-electron chi connectivity index (χ0n) is 18.0. The van der Waals surface area contributed by atoms with E-state index >= 15 is 0 Å². The largest absolute Gasteiger partial charge is 0.376 e. The average molecular weight is 458 g/mol. The molecule has 170 valence electrons. The quantitative estimate of drug-likeness (QED) is 0.694. The average Bonchev–Trinajstić information content (AvgIpc) is 3.30. The Morgan fingerprint density at radius 1 is 1.16 bits per heavy atom. The maximum absolute atomic E-state index is 13.1. The van der Waals surface area contributed by atoms with Crippen LogP contribution in [0.2, 0.25) is 0 Å². The maximum atomic E-state index is 13.1. The van der Waals surface area contributed by atoms with E-state index in [1.165, 1.54) is 13.0 Å². The van der Waals surface area contributed by atoms with Gasteiger partial charge in [0.15, 0.2) is 0 Å². The third-order valence-corrected chi connectivity index (χ3v) is 7.15. The van der Waals surface area contributed by atoms with E-state index in [1.807, 2.05) is 0 Å². The van der Waals surface area contributed by atoms with Crippen molar-refractivity contribution in [1.29, 1.82) is 0 Å². The normalized spacial score (nSPS) is 18.2. The molecule has 0 saturated carbocycles. The number of sulfonamides is 1. The minimum absolute atomic E-state index is 0.00660. The molecule has 9 heteroatoms. The SMILES string of the molecule is CC(=O)N1CCCc2cc(S(=O)(=O)Nc3ccccc3C(=O)NC[C@@H]3CCCO3)ccc21. The highest BCUT2D eigenvalue weighted by atomic mass is 32.2. The van der Waals surface area contributed by atoms with E-state index in [4.69, 9.17) is 4.74 Å². The van der Waals surface area contributed by atoms with Crippen LogP contribution in [0.3, 0.4) is 0 Å². The van der Waals surface area contributed by atoms with Gasteiger partial charge in [0.05, 0.1) is 22.3 Å². The van der Waals surface area contributed by atoms with Crippen LogP contribution in [0.25, 0.3) is 0 Å². The molecule has 2 N–H and O–H groups in total. The minimum Gasteiger partial charge on any atom is -0.376 e. The van der Waals surface area contributed by atoms with Crippen LogP contribution in [0, 0.1) is 0 Å². The van der Waals surface area contributed by atoms with Crippen molar-refractivity contribution in [1.82, 2.24) is 5.32 Å². The van der Waals surface area contributed by atoms with Crippen LogP contribution in [0.15, 0.2) is 47.4 Å². The molecule has 1 saturated heterocycles. The predicted molar refractivity (Wildman–Crippen MR) is 121 cm³/mol. The van der Waals surface area contributed by atoms with Crippen LogP contribution in [-0.2, 0) is 26.0 Å². The van der Waals surface area contributed by atoms with Gasteiger partial charge in [0.2, 0.25) is 5.91 Å². The first-order chi connectivity index (χ1) is 15.3. The van der Waals surface area contributed by atoms with Crippen LogP contribution in [0.4, 0.5) is 11.4 Å². The number of hydrogen-bond donors (Lipinski definition) is 2. The minimum atomic E-state index is -3.93. The van der Waals surface area contributed by atoms with Gasteiger partial charge >= 0.3 is 0 Å². The summed E-state index contributed by atoms with van der Waals surface area (Å²) in [5.41, 5.74) is 2.02. The highest BCUT2D eigenvalue weighted by Gasteiger charge is 2.24. The van der Waals surface area contributed by atoms with Gasteiger partial charge in [-0.05, 0) is 61.6 Å². The highest BCUT2D eigenvalue weighted by Crippen LogP contribution is 2.30. The number of fused-ring (bicyclic) bond motifs is 1. The number of rotatable bonds is 6. The van der Waals surface area contributed by atoms with Gasteiger partial charge in [0, 0.05) is 32.3 Å². The molecule has 2 heterocycles. The van der Waals surface area contributed by atoms with Crippen molar-refractivity contribution in [2.45, 2.75) is 43.6 Å². The fourth-order valence-corrected chi connectivity index (χ4v) is 5.28. The maximum Gasteiger partial charge on any atom is 0.261 e. The van der Waals surface area contributed by atoms with Crippen molar-refractivity contribution < 1.29 is 22.7 Å². The monoisotopic (exact) mass is 457 g/mol. The van der Waals surface area contributed by atoms with Crippen LogP contribution >= 0.6 is 0 Å². The third kappa shape index (κ3) is 4.78. The molecule has 1 fully saturated rings. The predicted octanol–water partition coefficient (Wildman–Crippen LogP) is 2.70. The number of hydrogen-bond acceptors (Lipinski definition) is 5. The van der Waals surface area contributed by atoms with Crippen molar-refractivity contribution >= 4 is 33.2 Å². The number of nitrogens with one attached hydrogen (secondary N) is 2. The number of nitrogens with zero attached hydrogens (tertiary/aromatic N) is 1. The fourth-order valence-electron chi connectivity index (χ4n) is 4.15. The first kappa shape index (κ1) is 22.3. The standard InChI is InChI=1S/C23H27N3O5S/c1-16(27)26-12-4-6-17-14-19(10-11-22(17)26)32(29,30)25-21-9-3-2-8-20(21)23(28)24-15-18-7-5-13-31-18/h2-3,8-11,14,18,25H,4-7,12-13,15H2,1H3,(H,24,28)/t18-/m0/s1. The molecule has 0 bridgehead atoms. The number of carbonyl (C=O) groups excluding carboxylic acids is 2. The summed E-state index contributed by atoms with van der Waals surface area (Å²) >= 11 is 0. The second kappa shape index (κ2) is 9.30. The number of carbonyl (C=O) groups is 2. The molecule has 0 radical (unpaired) electrons. The van der Waals surface area contributed by atoms with Gasteiger partial charge in [0.25, 0.3) is 15.9 Å². The topological polar surface area (TPSA) is 105 Å². The Labute approximate surface area is 188 Å². The van der Waals surface area contributed by atoms with E-state index in [0.29, 0.717) is 26.1 Å². The molecule has 0 aliphatic carbocycles. The molecule has 0 spiro atoms. The molecule has 2 aliphatic heterocycles. The molecule has 0 aromatic heterocycles. The molecule has 1 atom stereocenters. The summed E-state index contributed by atoms with van der Waals surface area (Å²) in [7, 11) is -3.93. The number of aryl methyl sites for hydroxylation is 1. The van der Waals surface area contributed by atoms with Gasteiger partial charge < -0.3 is 15.0 Å². The van der Waals surface area contributed by atoms with Gasteiger partial charge in [-0.15, -0.1) is 0 Å². The van der Waals surface area contributed by atoms with Gasteiger partial charge in [-0.2, -0.15) is 0 Å². The molecular formula is C23H27N3O5S. The van der Waals surface area contributed by atoms with E-state index in [1.54, 1.807) is 41.3 Å². The van der Waals surface area contributed by atoms with E-state index in [9.17, 15) is 18.0 Å². The lowest BCUT2D eigenvalue weighted by Crippen LogP contribution is -2.33. The smallest absolute Gasteiger partial charge is 0.261 e. The molecule has 2 aromatic rings. The molecule has 2 aromatic carbocycles. The van der Waals surface area contributed by atoms with Crippen LogP contribution in [-0.4, -0.2) is 46.0 Å². The number of ether oxygens (including phenoxy) is 1. The van der Waals surface area contributed by atoms with Crippen LogP contribution < -0.4 is 14.9 Å².